The molecule has 3 aromatic rings. The van der Waals surface area contributed by atoms with Crippen molar-refractivity contribution in [2.24, 2.45) is 0 Å². The highest BCUT2D eigenvalue weighted by Crippen LogP contribution is 2.37. The molecule has 0 aliphatic rings. The van der Waals surface area contributed by atoms with Crippen molar-refractivity contribution in [1.29, 1.82) is 0 Å². The summed E-state index contributed by atoms with van der Waals surface area (Å²) in [6, 6.07) is 17.7. The van der Waals surface area contributed by atoms with Gasteiger partial charge in [-0.3, -0.25) is 9.88 Å². The van der Waals surface area contributed by atoms with Gasteiger partial charge in [0.2, 0.25) is 0 Å². The molecule has 0 saturated carbocycles. The van der Waals surface area contributed by atoms with Crippen LogP contribution in [0.3, 0.4) is 0 Å². The first-order valence-electron chi connectivity index (χ1n) is 11.8. The van der Waals surface area contributed by atoms with Crippen molar-refractivity contribution in [3.63, 3.8) is 0 Å². The minimum atomic E-state index is 0.409. The van der Waals surface area contributed by atoms with E-state index in [1.807, 2.05) is 0 Å². The van der Waals surface area contributed by atoms with Crippen LogP contribution in [0.4, 0.5) is 0 Å². The number of nitrogens with zero attached hydrogens (tertiary/aromatic N) is 2. The van der Waals surface area contributed by atoms with Gasteiger partial charge in [0.05, 0.1) is 12.8 Å². The van der Waals surface area contributed by atoms with Crippen LogP contribution in [-0.4, -0.2) is 23.0 Å². The van der Waals surface area contributed by atoms with E-state index in [0.717, 1.165) is 48.6 Å². The lowest BCUT2D eigenvalue weighted by Crippen LogP contribution is -2.30. The van der Waals surface area contributed by atoms with E-state index >= 15 is 0 Å². The van der Waals surface area contributed by atoms with Gasteiger partial charge in [0, 0.05) is 41.5 Å². The Hall–Kier alpha value is -2.65. The van der Waals surface area contributed by atoms with Gasteiger partial charge in [-0.2, -0.15) is 0 Å². The molecular weight excluding hydrogens is 392 g/mol. The lowest BCUT2D eigenvalue weighted by molar-refractivity contribution is 0.200. The van der Waals surface area contributed by atoms with Crippen molar-refractivity contribution in [2.75, 3.05) is 7.11 Å². The highest BCUT2D eigenvalue weighted by atomic mass is 16.5. The van der Waals surface area contributed by atoms with E-state index < -0.39 is 0 Å². The summed E-state index contributed by atoms with van der Waals surface area (Å²) in [6.07, 6.45) is 1.98. The molecule has 0 amide bonds. The maximum absolute atomic E-state index is 6.03. The molecule has 0 spiro atoms. The number of hydrogen-bond acceptors (Lipinski definition) is 3. The van der Waals surface area contributed by atoms with Crippen molar-refractivity contribution < 1.29 is 4.74 Å². The van der Waals surface area contributed by atoms with Gasteiger partial charge in [-0.1, -0.05) is 62.4 Å². The number of methoxy groups -OCH3 is 1. The molecule has 32 heavy (non-hydrogen) atoms. The molecule has 2 aromatic carbocycles. The molecule has 170 valence electrons. The number of hydrogen-bond donors (Lipinski definition) is 0. The van der Waals surface area contributed by atoms with Crippen molar-refractivity contribution >= 4 is 0 Å². The molecule has 3 rings (SSSR count). The highest BCUT2D eigenvalue weighted by molar-refractivity contribution is 5.73. The average molecular weight is 431 g/mol. The second-order valence-electron chi connectivity index (χ2n) is 8.83. The summed E-state index contributed by atoms with van der Waals surface area (Å²) < 4.78 is 6.03. The molecule has 1 heterocycles. The maximum Gasteiger partial charge on any atom is 0.130 e. The van der Waals surface area contributed by atoms with Crippen LogP contribution in [0.5, 0.6) is 5.75 Å². The first-order valence-corrected chi connectivity index (χ1v) is 11.8. The maximum atomic E-state index is 6.03. The zero-order valence-electron chi connectivity index (χ0n) is 20.8. The summed E-state index contributed by atoms with van der Waals surface area (Å²) in [5.41, 5.74) is 9.74. The third-order valence-electron chi connectivity index (χ3n) is 6.45. The summed E-state index contributed by atoms with van der Waals surface area (Å²) >= 11 is 0. The van der Waals surface area contributed by atoms with Gasteiger partial charge in [0.15, 0.2) is 0 Å². The number of aromatic nitrogens is 1. The van der Waals surface area contributed by atoms with Crippen LogP contribution in [0.2, 0.25) is 0 Å². The minimum absolute atomic E-state index is 0.409. The second kappa shape index (κ2) is 10.8. The van der Waals surface area contributed by atoms with E-state index in [1.165, 1.54) is 27.8 Å². The number of rotatable bonds is 9. The smallest absolute Gasteiger partial charge is 0.130 e. The van der Waals surface area contributed by atoms with Gasteiger partial charge in [-0.15, -0.1) is 0 Å². The number of ether oxygens (including phenoxy) is 1. The normalized spacial score (nSPS) is 11.4. The Morgan fingerprint density at radius 2 is 1.50 bits per heavy atom. The molecule has 0 aliphatic heterocycles. The molecule has 0 atom stereocenters. The van der Waals surface area contributed by atoms with Crippen LogP contribution in [0.25, 0.3) is 11.3 Å². The Kier molecular flexibility index (Phi) is 8.09. The highest BCUT2D eigenvalue weighted by Gasteiger charge is 2.22. The minimum Gasteiger partial charge on any atom is -0.496 e. The van der Waals surface area contributed by atoms with Crippen LogP contribution in [-0.2, 0) is 25.9 Å². The van der Waals surface area contributed by atoms with Crippen LogP contribution in [0.15, 0.2) is 48.5 Å². The van der Waals surface area contributed by atoms with Gasteiger partial charge in [-0.05, 0) is 57.2 Å². The molecule has 0 unspecified atom stereocenters. The number of benzene rings is 2. The van der Waals surface area contributed by atoms with Crippen LogP contribution >= 0.6 is 0 Å². The quantitative estimate of drug-likeness (QED) is 0.369. The van der Waals surface area contributed by atoms with E-state index in [4.69, 9.17) is 9.72 Å². The standard InChI is InChI=1S/C29H38N2O/c1-8-24-16-13-17-25(9-2)27(24)28-21(5)29(32-7)26(22(6)30-28)19-31(20(3)4)18-23-14-11-10-12-15-23/h10-17,20H,8-9,18-19H2,1-7H3. The van der Waals surface area contributed by atoms with Crippen molar-refractivity contribution in [2.45, 2.75) is 73.5 Å². The van der Waals surface area contributed by atoms with Crippen LogP contribution < -0.4 is 4.74 Å². The van der Waals surface area contributed by atoms with Gasteiger partial charge < -0.3 is 4.74 Å². The Balaban J connectivity index is 2.07. The largest absolute Gasteiger partial charge is 0.496 e. The SMILES string of the molecule is CCc1cccc(CC)c1-c1nc(C)c(CN(Cc2ccccc2)C(C)C)c(OC)c1C. The summed E-state index contributed by atoms with van der Waals surface area (Å²) in [6.45, 7) is 14.9. The Bertz CT molecular complexity index is 1020. The van der Waals surface area contributed by atoms with E-state index in [2.05, 4.69) is 95.0 Å². The van der Waals surface area contributed by atoms with Gasteiger partial charge >= 0.3 is 0 Å². The van der Waals surface area contributed by atoms with E-state index in [1.54, 1.807) is 7.11 Å². The fraction of sp³-hybridized carbons (Fsp3) is 0.414. The molecule has 0 N–H and O–H groups in total. The fourth-order valence-corrected chi connectivity index (χ4v) is 4.51. The topological polar surface area (TPSA) is 25.4 Å². The monoisotopic (exact) mass is 430 g/mol. The van der Waals surface area contributed by atoms with Crippen LogP contribution in [0, 0.1) is 13.8 Å². The van der Waals surface area contributed by atoms with Crippen molar-refractivity contribution in [3.05, 3.63) is 82.0 Å². The third kappa shape index (κ3) is 5.05. The lowest BCUT2D eigenvalue weighted by atomic mass is 9.91. The molecule has 1 aromatic heterocycles. The van der Waals surface area contributed by atoms with Gasteiger partial charge in [0.25, 0.3) is 0 Å². The predicted molar refractivity (Wildman–Crippen MR) is 135 cm³/mol. The zero-order valence-corrected chi connectivity index (χ0v) is 20.8. The average Bonchev–Trinajstić information content (AvgIpc) is 2.80. The number of aryl methyl sites for hydroxylation is 3. The Morgan fingerprint density at radius 3 is 2.03 bits per heavy atom. The van der Waals surface area contributed by atoms with Crippen molar-refractivity contribution in [1.82, 2.24) is 9.88 Å². The molecule has 3 heteroatoms. The van der Waals surface area contributed by atoms with E-state index in [-0.39, 0.29) is 0 Å². The first-order chi connectivity index (χ1) is 15.4. The lowest BCUT2D eigenvalue weighted by Gasteiger charge is -2.29. The fourth-order valence-electron chi connectivity index (χ4n) is 4.51. The Labute approximate surface area is 194 Å². The summed E-state index contributed by atoms with van der Waals surface area (Å²) in [5, 5.41) is 0. The first kappa shape index (κ1) is 24.0. The summed E-state index contributed by atoms with van der Waals surface area (Å²) in [4.78, 5) is 7.67. The molecule has 3 nitrogen and oxygen atoms in total. The third-order valence-corrected chi connectivity index (χ3v) is 6.45. The van der Waals surface area contributed by atoms with E-state index in [9.17, 15) is 0 Å². The molecule has 0 fully saturated rings. The molecule has 0 aliphatic carbocycles. The van der Waals surface area contributed by atoms with Gasteiger partial charge in [-0.25, -0.2) is 0 Å². The molecule has 0 saturated heterocycles. The molecular formula is C29H38N2O. The summed E-state index contributed by atoms with van der Waals surface area (Å²) in [5.74, 6) is 0.971. The van der Waals surface area contributed by atoms with Crippen LogP contribution in [0.1, 0.15) is 61.2 Å². The zero-order chi connectivity index (χ0) is 23.3. The Morgan fingerprint density at radius 1 is 0.875 bits per heavy atom. The molecule has 0 bridgehead atoms. The second-order valence-corrected chi connectivity index (χ2v) is 8.83. The summed E-state index contributed by atoms with van der Waals surface area (Å²) in [7, 11) is 1.79. The predicted octanol–water partition coefficient (Wildman–Crippen LogP) is 6.91. The van der Waals surface area contributed by atoms with E-state index in [0.29, 0.717) is 6.04 Å². The van der Waals surface area contributed by atoms with Gasteiger partial charge in [0.1, 0.15) is 5.75 Å². The number of pyridine rings is 1. The molecule has 0 radical (unpaired) electrons. The van der Waals surface area contributed by atoms with Crippen molar-refractivity contribution in [3.8, 4) is 17.0 Å².